The van der Waals surface area contributed by atoms with Gasteiger partial charge in [-0.25, -0.2) is 9.37 Å². The molecule has 1 saturated heterocycles. The number of aromatic nitrogens is 1. The lowest BCUT2D eigenvalue weighted by Gasteiger charge is -2.17. The van der Waals surface area contributed by atoms with Crippen LogP contribution in [0.1, 0.15) is 13.3 Å². The van der Waals surface area contributed by atoms with E-state index in [0.717, 1.165) is 12.2 Å². The van der Waals surface area contributed by atoms with E-state index in [-0.39, 0.29) is 5.82 Å². The quantitative estimate of drug-likeness (QED) is 0.905. The van der Waals surface area contributed by atoms with Crippen LogP contribution in [0.2, 0.25) is 0 Å². The first-order valence-electron chi connectivity index (χ1n) is 4.86. The third-order valence-corrected chi connectivity index (χ3v) is 4.27. The largest absolute Gasteiger partial charge is 0.364 e. The van der Waals surface area contributed by atoms with Gasteiger partial charge in [-0.2, -0.15) is 11.8 Å². The van der Waals surface area contributed by atoms with Crippen LogP contribution in [0, 0.1) is 5.82 Å². The second-order valence-electron chi connectivity index (χ2n) is 3.60. The van der Waals surface area contributed by atoms with Gasteiger partial charge < -0.3 is 5.32 Å². The van der Waals surface area contributed by atoms with Gasteiger partial charge in [-0.15, -0.1) is 0 Å². The van der Waals surface area contributed by atoms with Crippen molar-refractivity contribution in [3.63, 3.8) is 0 Å². The molecule has 82 valence electrons. The second kappa shape index (κ2) is 4.70. The average molecular weight is 291 g/mol. The third-order valence-electron chi connectivity index (χ3n) is 2.51. The van der Waals surface area contributed by atoms with Crippen molar-refractivity contribution in [1.29, 1.82) is 0 Å². The molecule has 2 heterocycles. The van der Waals surface area contributed by atoms with Gasteiger partial charge in [0.25, 0.3) is 0 Å². The molecule has 1 aliphatic rings. The molecule has 1 aromatic heterocycles. The highest BCUT2D eigenvalue weighted by Gasteiger charge is 2.24. The van der Waals surface area contributed by atoms with E-state index in [1.807, 2.05) is 11.8 Å². The number of hydrogen-bond donors (Lipinski definition) is 1. The lowest BCUT2D eigenvalue weighted by Crippen LogP contribution is -2.25. The molecule has 1 fully saturated rings. The van der Waals surface area contributed by atoms with Crippen molar-refractivity contribution in [1.82, 2.24) is 4.98 Å². The molecule has 0 spiro atoms. The van der Waals surface area contributed by atoms with Crippen LogP contribution in [0.3, 0.4) is 0 Å². The molecule has 1 N–H and O–H groups in total. The van der Waals surface area contributed by atoms with Gasteiger partial charge >= 0.3 is 0 Å². The summed E-state index contributed by atoms with van der Waals surface area (Å²) >= 11 is 5.10. The summed E-state index contributed by atoms with van der Waals surface area (Å²) in [5.74, 6) is 1.20. The molecule has 2 nitrogen and oxygen atoms in total. The second-order valence-corrected chi connectivity index (χ2v) is 6.00. The van der Waals surface area contributed by atoms with Gasteiger partial charge in [-0.1, -0.05) is 6.92 Å². The van der Waals surface area contributed by atoms with Crippen molar-refractivity contribution in [2.75, 3.05) is 11.1 Å². The molecule has 2 rings (SSSR count). The molecular formula is C10H12BrFN2S. The molecule has 15 heavy (non-hydrogen) atoms. The van der Waals surface area contributed by atoms with Gasteiger partial charge in [0.05, 0.1) is 0 Å². The van der Waals surface area contributed by atoms with Crippen molar-refractivity contribution in [2.24, 2.45) is 0 Å². The predicted octanol–water partition coefficient (Wildman–Crippen LogP) is 3.29. The Hall–Kier alpha value is -0.290. The first-order valence-corrected chi connectivity index (χ1v) is 6.70. The summed E-state index contributed by atoms with van der Waals surface area (Å²) in [6, 6.07) is 1.76. The van der Waals surface area contributed by atoms with Gasteiger partial charge in [0.1, 0.15) is 0 Å². The third kappa shape index (κ3) is 2.64. The number of halogens is 2. The molecule has 0 amide bonds. The van der Waals surface area contributed by atoms with E-state index in [4.69, 9.17) is 0 Å². The zero-order valence-corrected chi connectivity index (χ0v) is 10.7. The number of thioether (sulfide) groups is 1. The zero-order chi connectivity index (χ0) is 10.8. The highest BCUT2D eigenvalue weighted by Crippen LogP contribution is 2.29. The van der Waals surface area contributed by atoms with Gasteiger partial charge in [0.15, 0.2) is 11.6 Å². The zero-order valence-electron chi connectivity index (χ0n) is 8.34. The Kier molecular flexibility index (Phi) is 3.51. The number of pyridine rings is 1. The Labute approximate surface area is 101 Å². The Balaban J connectivity index is 2.10. The molecule has 0 radical (unpaired) electrons. The molecule has 0 aromatic carbocycles. The lowest BCUT2D eigenvalue weighted by atomic mass is 10.2. The van der Waals surface area contributed by atoms with Gasteiger partial charge in [-0.05, 0) is 34.2 Å². The molecule has 2 unspecified atom stereocenters. The number of nitrogens with zero attached hydrogens (tertiary/aromatic N) is 1. The van der Waals surface area contributed by atoms with Crippen molar-refractivity contribution < 1.29 is 4.39 Å². The maximum atomic E-state index is 13.5. The van der Waals surface area contributed by atoms with Crippen LogP contribution in [0.4, 0.5) is 10.2 Å². The molecule has 0 saturated carbocycles. The summed E-state index contributed by atoms with van der Waals surface area (Å²) in [5, 5.41) is 3.68. The Bertz CT molecular complexity index is 361. The van der Waals surface area contributed by atoms with E-state index >= 15 is 0 Å². The normalized spacial score (nSPS) is 25.5. The minimum absolute atomic E-state index is 0.298. The van der Waals surface area contributed by atoms with Crippen LogP contribution >= 0.6 is 27.7 Å². The SMILES string of the molecule is CC1SCCC1Nc1ncc(Br)cc1F. The predicted molar refractivity (Wildman–Crippen MR) is 65.8 cm³/mol. The molecular weight excluding hydrogens is 279 g/mol. The van der Waals surface area contributed by atoms with Crippen LogP contribution in [0.25, 0.3) is 0 Å². The van der Waals surface area contributed by atoms with E-state index < -0.39 is 0 Å². The smallest absolute Gasteiger partial charge is 0.166 e. The van der Waals surface area contributed by atoms with E-state index in [1.165, 1.54) is 6.07 Å². The average Bonchev–Trinajstić information content (AvgIpc) is 2.57. The number of rotatable bonds is 2. The summed E-state index contributed by atoms with van der Waals surface area (Å²) in [6.07, 6.45) is 2.68. The van der Waals surface area contributed by atoms with Crippen molar-refractivity contribution >= 4 is 33.5 Å². The van der Waals surface area contributed by atoms with Gasteiger partial charge in [0.2, 0.25) is 0 Å². The fraction of sp³-hybridized carbons (Fsp3) is 0.500. The minimum atomic E-state index is -0.298. The summed E-state index contributed by atoms with van der Waals surface area (Å²) in [7, 11) is 0. The summed E-state index contributed by atoms with van der Waals surface area (Å²) in [6.45, 7) is 2.16. The van der Waals surface area contributed by atoms with Gasteiger partial charge in [-0.3, -0.25) is 0 Å². The van der Waals surface area contributed by atoms with E-state index in [0.29, 0.717) is 21.6 Å². The maximum absolute atomic E-state index is 13.5. The Morgan fingerprint density at radius 3 is 3.07 bits per heavy atom. The molecule has 0 aliphatic carbocycles. The summed E-state index contributed by atoms with van der Waals surface area (Å²) < 4.78 is 14.1. The van der Waals surface area contributed by atoms with Crippen molar-refractivity contribution in [3.8, 4) is 0 Å². The Morgan fingerprint density at radius 1 is 1.67 bits per heavy atom. The van der Waals surface area contributed by atoms with Crippen LogP contribution in [0.5, 0.6) is 0 Å². The first kappa shape index (κ1) is 11.2. The van der Waals surface area contributed by atoms with Crippen LogP contribution in [-0.2, 0) is 0 Å². The number of hydrogen-bond acceptors (Lipinski definition) is 3. The number of anilines is 1. The Morgan fingerprint density at radius 2 is 2.47 bits per heavy atom. The van der Waals surface area contributed by atoms with Crippen LogP contribution in [0.15, 0.2) is 16.7 Å². The fourth-order valence-corrected chi connectivity index (χ4v) is 3.12. The van der Waals surface area contributed by atoms with E-state index in [1.54, 1.807) is 6.20 Å². The highest BCUT2D eigenvalue weighted by atomic mass is 79.9. The van der Waals surface area contributed by atoms with E-state index in [2.05, 4.69) is 33.2 Å². The van der Waals surface area contributed by atoms with E-state index in [9.17, 15) is 4.39 Å². The number of nitrogens with one attached hydrogen (secondary N) is 1. The minimum Gasteiger partial charge on any atom is -0.364 e. The standard InChI is InChI=1S/C10H12BrFN2S/c1-6-9(2-3-15-6)14-10-8(12)4-7(11)5-13-10/h4-6,9H,2-3H2,1H3,(H,13,14). The molecule has 5 heteroatoms. The summed E-state index contributed by atoms with van der Waals surface area (Å²) in [5.41, 5.74) is 0. The maximum Gasteiger partial charge on any atom is 0.166 e. The fourth-order valence-electron chi connectivity index (χ4n) is 1.62. The first-order chi connectivity index (χ1) is 7.16. The topological polar surface area (TPSA) is 24.9 Å². The molecule has 0 bridgehead atoms. The van der Waals surface area contributed by atoms with Gasteiger partial charge in [0, 0.05) is 22.0 Å². The summed E-state index contributed by atoms with van der Waals surface area (Å²) in [4.78, 5) is 4.03. The van der Waals surface area contributed by atoms with Crippen LogP contribution < -0.4 is 5.32 Å². The lowest BCUT2D eigenvalue weighted by molar-refractivity contribution is 0.614. The molecule has 2 atom stereocenters. The molecule has 1 aliphatic heterocycles. The highest BCUT2D eigenvalue weighted by molar-refractivity contribution is 9.10. The monoisotopic (exact) mass is 290 g/mol. The van der Waals surface area contributed by atoms with Crippen molar-refractivity contribution in [3.05, 3.63) is 22.6 Å². The molecule has 1 aromatic rings. The van der Waals surface area contributed by atoms with Crippen LogP contribution in [-0.4, -0.2) is 22.0 Å². The van der Waals surface area contributed by atoms with Crippen molar-refractivity contribution in [2.45, 2.75) is 24.6 Å².